The summed E-state index contributed by atoms with van der Waals surface area (Å²) in [5.74, 6) is -1.44. The van der Waals surface area contributed by atoms with Gasteiger partial charge in [0.1, 0.15) is 0 Å². The maximum absolute atomic E-state index is 13.3. The topological polar surface area (TPSA) is 26.3 Å². The molecule has 0 bridgehead atoms. The third kappa shape index (κ3) is 3.21. The lowest BCUT2D eigenvalue weighted by Gasteiger charge is -2.09. The third-order valence-corrected chi connectivity index (χ3v) is 2.87. The minimum atomic E-state index is -4.53. The number of alkyl halides is 3. The number of carbonyl (C=O) groups is 1. The van der Waals surface area contributed by atoms with Crippen LogP contribution in [0, 0.1) is 5.82 Å². The normalized spacial score (nSPS) is 11.3. The van der Waals surface area contributed by atoms with Crippen LogP contribution in [0.4, 0.5) is 17.6 Å². The molecule has 0 N–H and O–H groups in total. The van der Waals surface area contributed by atoms with Gasteiger partial charge in [0.2, 0.25) is 0 Å². The average Bonchev–Trinajstić information content (AvgIpc) is 2.46. The number of halogens is 4. The molecule has 2 aromatic carbocycles. The Kier molecular flexibility index (Phi) is 3.97. The van der Waals surface area contributed by atoms with E-state index in [-0.39, 0.29) is 16.9 Å². The molecule has 0 saturated heterocycles. The first-order valence-electron chi connectivity index (χ1n) is 5.88. The first-order valence-corrected chi connectivity index (χ1v) is 5.88. The van der Waals surface area contributed by atoms with Gasteiger partial charge in [-0.3, -0.25) is 4.79 Å². The van der Waals surface area contributed by atoms with Gasteiger partial charge in [-0.15, -0.1) is 0 Å². The van der Waals surface area contributed by atoms with Crippen LogP contribution >= 0.6 is 0 Å². The van der Waals surface area contributed by atoms with Crippen LogP contribution in [0.5, 0.6) is 5.75 Å². The van der Waals surface area contributed by atoms with E-state index in [0.29, 0.717) is 0 Å². The second-order valence-electron chi connectivity index (χ2n) is 4.26. The van der Waals surface area contributed by atoms with Gasteiger partial charge in [0.05, 0.1) is 12.7 Å². The van der Waals surface area contributed by atoms with Crippen molar-refractivity contribution in [1.29, 1.82) is 0 Å². The van der Waals surface area contributed by atoms with Crippen molar-refractivity contribution in [2.24, 2.45) is 0 Å². The predicted molar refractivity (Wildman–Crippen MR) is 67.8 cm³/mol. The van der Waals surface area contributed by atoms with Gasteiger partial charge in [-0.05, 0) is 30.3 Å². The van der Waals surface area contributed by atoms with Crippen LogP contribution in [0.15, 0.2) is 42.5 Å². The summed E-state index contributed by atoms with van der Waals surface area (Å²) in [6.45, 7) is 0. The van der Waals surface area contributed by atoms with Crippen molar-refractivity contribution in [2.75, 3.05) is 7.11 Å². The van der Waals surface area contributed by atoms with E-state index >= 15 is 0 Å². The van der Waals surface area contributed by atoms with Crippen molar-refractivity contribution in [3.63, 3.8) is 0 Å². The molecule has 0 amide bonds. The maximum atomic E-state index is 13.3. The summed E-state index contributed by atoms with van der Waals surface area (Å²) in [6.07, 6.45) is -4.53. The smallest absolute Gasteiger partial charge is 0.416 e. The minimum absolute atomic E-state index is 0.0487. The quantitative estimate of drug-likeness (QED) is 0.630. The minimum Gasteiger partial charge on any atom is -0.494 e. The molecule has 2 rings (SSSR count). The second kappa shape index (κ2) is 5.55. The standard InChI is InChI=1S/C15H10F4O2/c1-21-13-8-10(5-6-12(13)16)14(20)9-3-2-4-11(7-9)15(17,18)19/h2-8H,1H3. The number of benzene rings is 2. The van der Waals surface area contributed by atoms with Crippen LogP contribution in [0.3, 0.4) is 0 Å². The van der Waals surface area contributed by atoms with Gasteiger partial charge in [0.25, 0.3) is 0 Å². The van der Waals surface area contributed by atoms with Crippen molar-refractivity contribution < 1.29 is 27.1 Å². The van der Waals surface area contributed by atoms with Crippen molar-refractivity contribution in [3.05, 3.63) is 65.0 Å². The van der Waals surface area contributed by atoms with Gasteiger partial charge in [-0.1, -0.05) is 12.1 Å². The van der Waals surface area contributed by atoms with Crippen LogP contribution in [0.2, 0.25) is 0 Å². The monoisotopic (exact) mass is 298 g/mol. The summed E-state index contributed by atoms with van der Waals surface area (Å²) >= 11 is 0. The zero-order valence-corrected chi connectivity index (χ0v) is 10.9. The van der Waals surface area contributed by atoms with Crippen molar-refractivity contribution >= 4 is 5.78 Å². The Labute approximate surface area is 118 Å². The summed E-state index contributed by atoms with van der Waals surface area (Å²) < 4.78 is 55.9. The fourth-order valence-corrected chi connectivity index (χ4v) is 1.80. The third-order valence-electron chi connectivity index (χ3n) is 2.87. The Morgan fingerprint density at radius 2 is 1.71 bits per heavy atom. The number of hydrogen-bond donors (Lipinski definition) is 0. The van der Waals surface area contributed by atoms with E-state index in [1.165, 1.54) is 19.2 Å². The van der Waals surface area contributed by atoms with Crippen molar-refractivity contribution in [3.8, 4) is 5.75 Å². The fourth-order valence-electron chi connectivity index (χ4n) is 1.80. The Morgan fingerprint density at radius 3 is 2.33 bits per heavy atom. The van der Waals surface area contributed by atoms with Gasteiger partial charge in [-0.25, -0.2) is 4.39 Å². The first-order chi connectivity index (χ1) is 9.82. The zero-order valence-electron chi connectivity index (χ0n) is 10.9. The van der Waals surface area contributed by atoms with Crippen LogP contribution in [-0.2, 0) is 6.18 Å². The van der Waals surface area contributed by atoms with Gasteiger partial charge < -0.3 is 4.74 Å². The molecule has 0 radical (unpaired) electrons. The molecule has 0 heterocycles. The molecule has 0 saturated carbocycles. The molecule has 21 heavy (non-hydrogen) atoms. The van der Waals surface area contributed by atoms with Crippen LogP contribution in [-0.4, -0.2) is 12.9 Å². The molecule has 0 aliphatic heterocycles. The molecule has 0 aliphatic carbocycles. The van der Waals surface area contributed by atoms with E-state index in [0.717, 1.165) is 30.3 Å². The summed E-state index contributed by atoms with van der Waals surface area (Å²) in [7, 11) is 1.23. The van der Waals surface area contributed by atoms with Gasteiger partial charge in [0.15, 0.2) is 17.3 Å². The molecule has 0 aliphatic rings. The highest BCUT2D eigenvalue weighted by molar-refractivity contribution is 6.09. The summed E-state index contributed by atoms with van der Waals surface area (Å²) in [6, 6.07) is 7.43. The molecule has 6 heteroatoms. The predicted octanol–water partition coefficient (Wildman–Crippen LogP) is 4.08. The van der Waals surface area contributed by atoms with E-state index < -0.39 is 23.3 Å². The SMILES string of the molecule is COc1cc(C(=O)c2cccc(C(F)(F)F)c2)ccc1F. The number of methoxy groups -OCH3 is 1. The maximum Gasteiger partial charge on any atom is 0.416 e. The second-order valence-corrected chi connectivity index (χ2v) is 4.26. The molecule has 0 aromatic heterocycles. The summed E-state index contributed by atoms with van der Waals surface area (Å²) in [5.41, 5.74) is -0.992. The number of rotatable bonds is 3. The Hall–Kier alpha value is -2.37. The van der Waals surface area contributed by atoms with E-state index in [2.05, 4.69) is 0 Å². The van der Waals surface area contributed by atoms with Gasteiger partial charge in [-0.2, -0.15) is 13.2 Å². The molecular formula is C15H10F4O2. The molecule has 0 unspecified atom stereocenters. The number of carbonyl (C=O) groups excluding carboxylic acids is 1. The highest BCUT2D eigenvalue weighted by Gasteiger charge is 2.31. The first kappa shape index (κ1) is 15.0. The van der Waals surface area contributed by atoms with E-state index in [1.807, 2.05) is 0 Å². The van der Waals surface area contributed by atoms with Gasteiger partial charge >= 0.3 is 6.18 Å². The average molecular weight is 298 g/mol. The molecule has 0 atom stereocenters. The largest absolute Gasteiger partial charge is 0.494 e. The summed E-state index contributed by atoms with van der Waals surface area (Å²) in [4.78, 5) is 12.2. The van der Waals surface area contributed by atoms with E-state index in [9.17, 15) is 22.4 Å². The number of hydrogen-bond acceptors (Lipinski definition) is 2. The number of ketones is 1. The lowest BCUT2D eigenvalue weighted by atomic mass is 10.0. The lowest BCUT2D eigenvalue weighted by Crippen LogP contribution is -2.08. The Morgan fingerprint density at radius 1 is 1.05 bits per heavy atom. The van der Waals surface area contributed by atoms with Crippen LogP contribution < -0.4 is 4.74 Å². The molecule has 110 valence electrons. The summed E-state index contributed by atoms with van der Waals surface area (Å²) in [5, 5.41) is 0. The van der Waals surface area contributed by atoms with E-state index in [1.54, 1.807) is 0 Å². The highest BCUT2D eigenvalue weighted by atomic mass is 19.4. The lowest BCUT2D eigenvalue weighted by molar-refractivity contribution is -0.137. The highest BCUT2D eigenvalue weighted by Crippen LogP contribution is 2.30. The van der Waals surface area contributed by atoms with Crippen molar-refractivity contribution in [1.82, 2.24) is 0 Å². The fraction of sp³-hybridized carbons (Fsp3) is 0.133. The zero-order chi connectivity index (χ0) is 15.6. The van der Waals surface area contributed by atoms with Crippen LogP contribution in [0.1, 0.15) is 21.5 Å². The molecule has 2 nitrogen and oxygen atoms in total. The molecular weight excluding hydrogens is 288 g/mol. The van der Waals surface area contributed by atoms with Crippen molar-refractivity contribution in [2.45, 2.75) is 6.18 Å². The number of ether oxygens (including phenoxy) is 1. The molecule has 0 fully saturated rings. The van der Waals surface area contributed by atoms with E-state index in [4.69, 9.17) is 4.74 Å². The Balaban J connectivity index is 2.41. The molecule has 0 spiro atoms. The van der Waals surface area contributed by atoms with Crippen LogP contribution in [0.25, 0.3) is 0 Å². The van der Waals surface area contributed by atoms with Gasteiger partial charge in [0, 0.05) is 11.1 Å². The Bertz CT molecular complexity index is 678. The molecule has 2 aromatic rings.